The predicted molar refractivity (Wildman–Crippen MR) is 145 cm³/mol. The summed E-state index contributed by atoms with van der Waals surface area (Å²) >= 11 is 19.7. The molecule has 2 aromatic heterocycles. The van der Waals surface area contributed by atoms with Crippen LogP contribution >= 0.6 is 46.1 Å². The van der Waals surface area contributed by atoms with Crippen LogP contribution in [0.25, 0.3) is 0 Å². The van der Waals surface area contributed by atoms with Crippen LogP contribution in [0.5, 0.6) is 5.75 Å². The average Bonchev–Trinajstić information content (AvgIpc) is 3.22. The van der Waals surface area contributed by atoms with Gasteiger partial charge in [0.05, 0.1) is 21.3 Å². The van der Waals surface area contributed by atoms with E-state index in [4.69, 9.17) is 34.8 Å². The summed E-state index contributed by atoms with van der Waals surface area (Å²) in [5.41, 5.74) is 0.744. The van der Waals surface area contributed by atoms with Gasteiger partial charge in [-0.2, -0.15) is 0 Å². The quantitative estimate of drug-likeness (QED) is 0.328. The molecule has 3 aromatic rings. The molecule has 1 aliphatic rings. The maximum atomic E-state index is 13.1. The summed E-state index contributed by atoms with van der Waals surface area (Å²) in [5, 5.41) is 18.5. The number of amides is 2. The van der Waals surface area contributed by atoms with E-state index in [-0.39, 0.29) is 27.8 Å². The van der Waals surface area contributed by atoms with Crippen molar-refractivity contribution in [3.05, 3.63) is 66.9 Å². The number of phenolic OH excluding ortho intramolecular Hbond substituents is 1. The molecule has 0 saturated carbocycles. The molecule has 190 valence electrons. The topological polar surface area (TPSA) is 97.8 Å². The van der Waals surface area contributed by atoms with Gasteiger partial charge >= 0.3 is 0 Å². The zero-order chi connectivity index (χ0) is 25.8. The van der Waals surface area contributed by atoms with Crippen molar-refractivity contribution in [2.75, 3.05) is 43.4 Å². The molecule has 12 heteroatoms. The van der Waals surface area contributed by atoms with Gasteiger partial charge in [-0.3, -0.25) is 14.5 Å². The van der Waals surface area contributed by atoms with Gasteiger partial charge in [-0.05, 0) is 35.7 Å². The lowest BCUT2D eigenvalue weighted by molar-refractivity contribution is 0.102. The molecule has 0 unspecified atom stereocenters. The second-order valence-electron chi connectivity index (χ2n) is 8.23. The van der Waals surface area contributed by atoms with Crippen LogP contribution in [0.2, 0.25) is 15.1 Å². The number of benzene rings is 1. The van der Waals surface area contributed by atoms with Crippen LogP contribution in [0.15, 0.2) is 35.8 Å². The fraction of sp³-hybridized carbons (Fsp3) is 0.292. The summed E-state index contributed by atoms with van der Waals surface area (Å²) < 4.78 is 0. The second kappa shape index (κ2) is 11.8. The number of hydrogen-bond donors (Lipinski definition) is 3. The number of carbonyl (C=O) groups is 2. The van der Waals surface area contributed by atoms with E-state index in [1.807, 2.05) is 5.38 Å². The zero-order valence-electron chi connectivity index (χ0n) is 19.4. The van der Waals surface area contributed by atoms with Crippen LogP contribution in [-0.2, 0) is 6.54 Å². The monoisotopic (exact) mass is 567 g/mol. The van der Waals surface area contributed by atoms with Gasteiger partial charge in [0, 0.05) is 50.0 Å². The first kappa shape index (κ1) is 26.7. The largest absolute Gasteiger partial charge is 0.506 e. The number of hydrogen-bond acceptors (Lipinski definition) is 7. The summed E-state index contributed by atoms with van der Waals surface area (Å²) in [6.45, 7) is 7.69. The highest BCUT2D eigenvalue weighted by Crippen LogP contribution is 2.35. The van der Waals surface area contributed by atoms with E-state index in [1.54, 1.807) is 6.07 Å². The number of rotatable bonds is 7. The number of thiophene rings is 1. The van der Waals surface area contributed by atoms with Gasteiger partial charge in [-0.25, -0.2) is 4.98 Å². The molecule has 2 amide bonds. The third-order valence-electron chi connectivity index (χ3n) is 5.85. The highest BCUT2D eigenvalue weighted by Gasteiger charge is 2.24. The maximum absolute atomic E-state index is 13.1. The lowest BCUT2D eigenvalue weighted by atomic mass is 10.1. The first-order valence-corrected chi connectivity index (χ1v) is 13.2. The van der Waals surface area contributed by atoms with Gasteiger partial charge in [0.25, 0.3) is 11.8 Å². The lowest BCUT2D eigenvalue weighted by Crippen LogP contribution is -2.45. The molecule has 8 nitrogen and oxygen atoms in total. The predicted octanol–water partition coefficient (Wildman–Crippen LogP) is 5.45. The molecule has 0 radical (unpaired) electrons. The average molecular weight is 569 g/mol. The number of aromatic nitrogens is 1. The highest BCUT2D eigenvalue weighted by atomic mass is 35.5. The highest BCUT2D eigenvalue weighted by molar-refractivity contribution is 7.13. The van der Waals surface area contributed by atoms with Gasteiger partial charge in [-0.1, -0.05) is 41.7 Å². The fourth-order valence-corrected chi connectivity index (χ4v) is 5.42. The van der Waals surface area contributed by atoms with Crippen molar-refractivity contribution in [2.24, 2.45) is 0 Å². The Morgan fingerprint density at radius 2 is 1.75 bits per heavy atom. The minimum atomic E-state index is -0.623. The van der Waals surface area contributed by atoms with E-state index in [9.17, 15) is 14.7 Å². The molecule has 0 atom stereocenters. The molecule has 0 bridgehead atoms. The Labute approximate surface area is 227 Å². The van der Waals surface area contributed by atoms with Crippen molar-refractivity contribution in [1.29, 1.82) is 0 Å². The van der Waals surface area contributed by atoms with E-state index in [0.717, 1.165) is 38.3 Å². The Morgan fingerprint density at radius 1 is 1.03 bits per heavy atom. The molecule has 1 aliphatic heterocycles. The SMILES string of the molecule is CCN1CCN(Cc2csc(C(=O)Nc3c(O)cc(Cl)cc3C(=O)Nc3ccc(Cl)cn3)c2Cl)CC1. The Bertz CT molecular complexity index is 1260. The Hall–Kier alpha value is -2.40. The van der Waals surface area contributed by atoms with Gasteiger partial charge in [-0.15, -0.1) is 11.3 Å². The maximum Gasteiger partial charge on any atom is 0.267 e. The molecule has 1 saturated heterocycles. The minimum Gasteiger partial charge on any atom is -0.506 e. The molecular formula is C24H24Cl3N5O3S. The first-order valence-electron chi connectivity index (χ1n) is 11.2. The third-order valence-corrected chi connectivity index (χ3v) is 7.86. The van der Waals surface area contributed by atoms with E-state index in [2.05, 4.69) is 32.3 Å². The van der Waals surface area contributed by atoms with Crippen LogP contribution in [0.4, 0.5) is 11.5 Å². The number of likely N-dealkylation sites (N-methyl/N-ethyl adjacent to an activating group) is 1. The molecular weight excluding hydrogens is 545 g/mol. The molecule has 0 spiro atoms. The smallest absolute Gasteiger partial charge is 0.267 e. The minimum absolute atomic E-state index is 0.0354. The molecule has 4 rings (SSSR count). The van der Waals surface area contributed by atoms with E-state index >= 15 is 0 Å². The second-order valence-corrected chi connectivity index (χ2v) is 10.4. The standard InChI is InChI=1S/C24H24Cl3N5O3S/c1-2-31-5-7-32(8-6-31)12-14-13-36-22(20(14)27)24(35)30-21-17(9-16(26)10-18(21)33)23(34)29-19-4-3-15(25)11-28-19/h3-4,9-11,13,33H,2,5-8,12H2,1H3,(H,30,35)(H,28,29,34). The van der Waals surface area contributed by atoms with Crippen molar-refractivity contribution in [2.45, 2.75) is 13.5 Å². The zero-order valence-corrected chi connectivity index (χ0v) is 22.4. The van der Waals surface area contributed by atoms with Crippen LogP contribution in [-0.4, -0.2) is 64.4 Å². The van der Waals surface area contributed by atoms with Crippen molar-refractivity contribution in [3.8, 4) is 5.75 Å². The third kappa shape index (κ3) is 6.29. The number of nitrogens with one attached hydrogen (secondary N) is 2. The molecule has 3 N–H and O–H groups in total. The molecule has 0 aliphatic carbocycles. The van der Waals surface area contributed by atoms with Gasteiger partial charge in [0.2, 0.25) is 0 Å². The molecule has 3 heterocycles. The fourth-order valence-electron chi connectivity index (χ4n) is 3.85. The van der Waals surface area contributed by atoms with Crippen LogP contribution in [0.1, 0.15) is 32.5 Å². The van der Waals surface area contributed by atoms with Gasteiger partial charge in [0.1, 0.15) is 16.4 Å². The number of halogens is 3. The molecule has 36 heavy (non-hydrogen) atoms. The molecule has 1 fully saturated rings. The van der Waals surface area contributed by atoms with Crippen molar-refractivity contribution < 1.29 is 14.7 Å². The summed E-state index contributed by atoms with van der Waals surface area (Å²) in [4.78, 5) is 35.1. The first-order chi connectivity index (χ1) is 17.2. The molecule has 1 aromatic carbocycles. The Kier molecular flexibility index (Phi) is 8.71. The van der Waals surface area contributed by atoms with Crippen LogP contribution in [0, 0.1) is 0 Å². The number of aromatic hydroxyl groups is 1. The lowest BCUT2D eigenvalue weighted by Gasteiger charge is -2.33. The summed E-state index contributed by atoms with van der Waals surface area (Å²) in [6, 6.07) is 5.69. The number of pyridine rings is 1. The number of carbonyl (C=O) groups excluding carboxylic acids is 2. The number of nitrogens with zero attached hydrogens (tertiary/aromatic N) is 3. The summed E-state index contributed by atoms with van der Waals surface area (Å²) in [7, 11) is 0. The summed E-state index contributed by atoms with van der Waals surface area (Å²) in [5.74, 6) is -1.27. The van der Waals surface area contributed by atoms with Gasteiger partial charge < -0.3 is 20.6 Å². The Morgan fingerprint density at radius 3 is 2.42 bits per heavy atom. The van der Waals surface area contributed by atoms with Gasteiger partial charge in [0.15, 0.2) is 0 Å². The van der Waals surface area contributed by atoms with Crippen LogP contribution < -0.4 is 10.6 Å². The van der Waals surface area contributed by atoms with Crippen molar-refractivity contribution in [3.63, 3.8) is 0 Å². The van der Waals surface area contributed by atoms with Crippen molar-refractivity contribution >= 4 is 69.5 Å². The number of anilines is 2. The van der Waals surface area contributed by atoms with E-state index in [0.29, 0.717) is 21.5 Å². The van der Waals surface area contributed by atoms with E-state index in [1.165, 1.54) is 35.7 Å². The number of piperazine rings is 1. The van der Waals surface area contributed by atoms with Crippen molar-refractivity contribution in [1.82, 2.24) is 14.8 Å². The van der Waals surface area contributed by atoms with E-state index < -0.39 is 11.8 Å². The normalized spacial score (nSPS) is 14.6. The van der Waals surface area contributed by atoms with Crippen LogP contribution in [0.3, 0.4) is 0 Å². The number of phenols is 1. The summed E-state index contributed by atoms with van der Waals surface area (Å²) in [6.07, 6.45) is 1.38. The Balaban J connectivity index is 1.50.